The van der Waals surface area contributed by atoms with Gasteiger partial charge in [0.2, 0.25) is 0 Å². The van der Waals surface area contributed by atoms with Gasteiger partial charge in [0.1, 0.15) is 5.75 Å². The molecule has 1 aromatic heterocycles. The van der Waals surface area contributed by atoms with E-state index in [0.717, 1.165) is 33.6 Å². The fraction of sp³-hybridized carbons (Fsp3) is 0.0870. The number of ether oxygens (including phenoxy) is 1. The number of hydrogen-bond acceptors (Lipinski definition) is 2. The molecule has 0 unspecified atom stereocenters. The van der Waals surface area contributed by atoms with Crippen LogP contribution in [-0.4, -0.2) is 17.6 Å². The van der Waals surface area contributed by atoms with Gasteiger partial charge in [-0.2, -0.15) is 0 Å². The minimum absolute atomic E-state index is 0.138. The van der Waals surface area contributed by atoms with Crippen LogP contribution >= 0.6 is 0 Å². The zero-order valence-corrected chi connectivity index (χ0v) is 15.3. The molecule has 4 nitrogen and oxygen atoms in total. The van der Waals surface area contributed by atoms with E-state index in [9.17, 15) is 4.79 Å². The van der Waals surface area contributed by atoms with Gasteiger partial charge in [-0.15, -0.1) is 0 Å². The molecule has 0 spiro atoms. The van der Waals surface area contributed by atoms with Gasteiger partial charge in [0.25, 0.3) is 5.91 Å². The molecule has 4 aromatic rings. The first-order chi connectivity index (χ1) is 13.2. The van der Waals surface area contributed by atoms with Gasteiger partial charge in [0.15, 0.2) is 0 Å². The van der Waals surface area contributed by atoms with Crippen molar-refractivity contribution in [3.8, 4) is 17.0 Å². The number of nitrogens with zero attached hydrogens (tertiary/aromatic N) is 1. The number of anilines is 1. The zero-order valence-electron chi connectivity index (χ0n) is 15.3. The lowest BCUT2D eigenvalue weighted by Crippen LogP contribution is -2.12. The van der Waals surface area contributed by atoms with Crippen LogP contribution in [0.25, 0.3) is 22.2 Å². The minimum atomic E-state index is -0.138. The molecule has 0 aliphatic carbocycles. The van der Waals surface area contributed by atoms with Crippen molar-refractivity contribution in [3.05, 3.63) is 84.4 Å². The standard InChI is InChI=1S/C23H20N2O2/c1-25-21-11-7-6-10-17(21)14-22(25)19-15-18(27-2)12-13-20(19)24-23(26)16-8-4-3-5-9-16/h3-15H,1-2H3,(H,24,26). The number of nitrogens with one attached hydrogen (secondary N) is 1. The number of aryl methyl sites for hydroxylation is 1. The second kappa shape index (κ2) is 7.00. The number of fused-ring (bicyclic) bond motifs is 1. The van der Waals surface area contributed by atoms with Gasteiger partial charge in [-0.05, 0) is 42.5 Å². The van der Waals surface area contributed by atoms with E-state index in [0.29, 0.717) is 5.56 Å². The lowest BCUT2D eigenvalue weighted by atomic mass is 10.1. The van der Waals surface area contributed by atoms with Gasteiger partial charge in [-0.1, -0.05) is 36.4 Å². The Balaban J connectivity index is 1.81. The van der Waals surface area contributed by atoms with Gasteiger partial charge in [0.05, 0.1) is 18.5 Å². The van der Waals surface area contributed by atoms with Crippen LogP contribution in [0.15, 0.2) is 78.9 Å². The Labute approximate surface area is 158 Å². The van der Waals surface area contributed by atoms with Crippen LogP contribution in [-0.2, 0) is 7.05 Å². The van der Waals surface area contributed by atoms with Crippen molar-refractivity contribution < 1.29 is 9.53 Å². The second-order valence-corrected chi connectivity index (χ2v) is 6.38. The fourth-order valence-corrected chi connectivity index (χ4v) is 3.30. The number of aromatic nitrogens is 1. The second-order valence-electron chi connectivity index (χ2n) is 6.38. The Kier molecular flexibility index (Phi) is 4.38. The molecule has 4 heteroatoms. The molecule has 0 atom stereocenters. The maximum absolute atomic E-state index is 12.7. The van der Waals surface area contributed by atoms with E-state index >= 15 is 0 Å². The SMILES string of the molecule is COc1ccc(NC(=O)c2ccccc2)c(-c2cc3ccccc3n2C)c1. The first kappa shape index (κ1) is 16.9. The summed E-state index contributed by atoms with van der Waals surface area (Å²) in [7, 11) is 3.67. The van der Waals surface area contributed by atoms with Crippen LogP contribution in [0.2, 0.25) is 0 Å². The average molecular weight is 356 g/mol. The molecule has 0 saturated carbocycles. The van der Waals surface area contributed by atoms with E-state index in [-0.39, 0.29) is 5.91 Å². The smallest absolute Gasteiger partial charge is 0.255 e. The van der Waals surface area contributed by atoms with Crippen LogP contribution in [0.3, 0.4) is 0 Å². The summed E-state index contributed by atoms with van der Waals surface area (Å²) in [6.45, 7) is 0. The third kappa shape index (κ3) is 3.17. The van der Waals surface area contributed by atoms with Crippen LogP contribution in [0, 0.1) is 0 Å². The van der Waals surface area contributed by atoms with E-state index in [1.165, 1.54) is 0 Å². The summed E-state index contributed by atoms with van der Waals surface area (Å²) < 4.78 is 7.54. The lowest BCUT2D eigenvalue weighted by Gasteiger charge is -2.14. The van der Waals surface area contributed by atoms with E-state index < -0.39 is 0 Å². The van der Waals surface area contributed by atoms with Crippen LogP contribution in [0.4, 0.5) is 5.69 Å². The Bertz CT molecular complexity index is 1110. The molecular weight excluding hydrogens is 336 g/mol. The number of methoxy groups -OCH3 is 1. The number of rotatable bonds is 4. The molecular formula is C23H20N2O2. The monoisotopic (exact) mass is 356 g/mol. The molecule has 0 fully saturated rings. The lowest BCUT2D eigenvalue weighted by molar-refractivity contribution is 0.102. The average Bonchev–Trinajstić information content (AvgIpc) is 3.05. The summed E-state index contributed by atoms with van der Waals surface area (Å²) in [5, 5.41) is 4.19. The van der Waals surface area contributed by atoms with E-state index in [4.69, 9.17) is 4.74 Å². The largest absolute Gasteiger partial charge is 0.497 e. The van der Waals surface area contributed by atoms with Gasteiger partial charge in [-0.25, -0.2) is 0 Å². The van der Waals surface area contributed by atoms with Crippen molar-refractivity contribution in [3.63, 3.8) is 0 Å². The number of para-hydroxylation sites is 1. The highest BCUT2D eigenvalue weighted by molar-refractivity contribution is 6.06. The maximum Gasteiger partial charge on any atom is 0.255 e. The van der Waals surface area contributed by atoms with Gasteiger partial charge in [-0.3, -0.25) is 4.79 Å². The van der Waals surface area contributed by atoms with Crippen molar-refractivity contribution in [1.82, 2.24) is 4.57 Å². The van der Waals surface area contributed by atoms with E-state index in [1.807, 2.05) is 55.6 Å². The number of carbonyl (C=O) groups excluding carboxylic acids is 1. The number of hydrogen-bond donors (Lipinski definition) is 1. The molecule has 0 aliphatic heterocycles. The number of benzene rings is 3. The summed E-state index contributed by atoms with van der Waals surface area (Å²) >= 11 is 0. The molecule has 27 heavy (non-hydrogen) atoms. The van der Waals surface area contributed by atoms with E-state index in [1.54, 1.807) is 19.2 Å². The van der Waals surface area contributed by atoms with Crippen molar-refractivity contribution >= 4 is 22.5 Å². The Morgan fingerprint density at radius 2 is 1.67 bits per heavy atom. The molecule has 1 amide bonds. The summed E-state index contributed by atoms with van der Waals surface area (Å²) in [6.07, 6.45) is 0. The highest BCUT2D eigenvalue weighted by Gasteiger charge is 2.15. The maximum atomic E-state index is 12.7. The Hall–Kier alpha value is -3.53. The number of carbonyl (C=O) groups is 1. The Morgan fingerprint density at radius 3 is 2.41 bits per heavy atom. The quantitative estimate of drug-likeness (QED) is 0.552. The first-order valence-corrected chi connectivity index (χ1v) is 8.76. The van der Waals surface area contributed by atoms with Gasteiger partial charge >= 0.3 is 0 Å². The Morgan fingerprint density at radius 1 is 0.926 bits per heavy atom. The topological polar surface area (TPSA) is 43.3 Å². The van der Waals surface area contributed by atoms with Crippen LogP contribution in [0.5, 0.6) is 5.75 Å². The molecule has 134 valence electrons. The first-order valence-electron chi connectivity index (χ1n) is 8.76. The molecule has 4 rings (SSSR count). The minimum Gasteiger partial charge on any atom is -0.497 e. The predicted octanol–water partition coefficient (Wildman–Crippen LogP) is 5.11. The summed E-state index contributed by atoms with van der Waals surface area (Å²) in [4.78, 5) is 12.7. The molecule has 0 radical (unpaired) electrons. The number of amides is 1. The molecule has 0 saturated heterocycles. The van der Waals surface area contributed by atoms with E-state index in [2.05, 4.69) is 28.1 Å². The summed E-state index contributed by atoms with van der Waals surface area (Å²) in [5.41, 5.74) is 4.43. The third-order valence-electron chi connectivity index (χ3n) is 4.74. The van der Waals surface area contributed by atoms with Crippen LogP contribution in [0.1, 0.15) is 10.4 Å². The van der Waals surface area contributed by atoms with Crippen molar-refractivity contribution in [2.45, 2.75) is 0 Å². The molecule has 1 heterocycles. The third-order valence-corrected chi connectivity index (χ3v) is 4.74. The van der Waals surface area contributed by atoms with Gasteiger partial charge < -0.3 is 14.6 Å². The van der Waals surface area contributed by atoms with Crippen molar-refractivity contribution in [1.29, 1.82) is 0 Å². The molecule has 0 aliphatic rings. The van der Waals surface area contributed by atoms with Gasteiger partial charge in [0, 0.05) is 29.1 Å². The van der Waals surface area contributed by atoms with Crippen molar-refractivity contribution in [2.75, 3.05) is 12.4 Å². The highest BCUT2D eigenvalue weighted by atomic mass is 16.5. The molecule has 1 N–H and O–H groups in total. The van der Waals surface area contributed by atoms with Crippen molar-refractivity contribution in [2.24, 2.45) is 7.05 Å². The summed E-state index contributed by atoms with van der Waals surface area (Å²) in [5.74, 6) is 0.605. The summed E-state index contributed by atoms with van der Waals surface area (Å²) in [6, 6.07) is 25.2. The normalized spacial score (nSPS) is 10.7. The zero-order chi connectivity index (χ0) is 18.8. The molecule has 0 bridgehead atoms. The molecule has 3 aromatic carbocycles. The van der Waals surface area contributed by atoms with Crippen LogP contribution < -0.4 is 10.1 Å². The highest BCUT2D eigenvalue weighted by Crippen LogP contribution is 2.35. The predicted molar refractivity (Wildman–Crippen MR) is 109 cm³/mol. The fourth-order valence-electron chi connectivity index (χ4n) is 3.30.